The monoisotopic (exact) mass is 258 g/mol. The zero-order chi connectivity index (χ0) is 12.9. The van der Waals surface area contributed by atoms with E-state index in [9.17, 15) is 0 Å². The Kier molecular flexibility index (Phi) is 2.51. The van der Waals surface area contributed by atoms with E-state index in [1.165, 1.54) is 38.5 Å². The molecule has 0 atom stereocenters. The summed E-state index contributed by atoms with van der Waals surface area (Å²) in [6.07, 6.45) is 10.3. The summed E-state index contributed by atoms with van der Waals surface area (Å²) < 4.78 is 5.98. The van der Waals surface area contributed by atoms with Crippen molar-refractivity contribution in [2.24, 2.45) is 23.2 Å². The number of pyridine rings is 1. The molecule has 1 aromatic heterocycles. The lowest BCUT2D eigenvalue weighted by atomic mass is 9.50. The van der Waals surface area contributed by atoms with Gasteiger partial charge in [-0.25, -0.2) is 4.98 Å². The van der Waals surface area contributed by atoms with Crippen LogP contribution in [-0.4, -0.2) is 11.6 Å². The predicted octanol–water partition coefficient (Wildman–Crippen LogP) is 3.26. The van der Waals surface area contributed by atoms with Gasteiger partial charge in [0.25, 0.3) is 0 Å². The second-order valence-corrected chi connectivity index (χ2v) is 7.13. The number of ether oxygens (including phenoxy) is 1. The summed E-state index contributed by atoms with van der Waals surface area (Å²) in [5.41, 5.74) is 6.95. The van der Waals surface area contributed by atoms with Gasteiger partial charge in [-0.05, 0) is 62.3 Å². The Bertz CT molecular complexity index is 450. The summed E-state index contributed by atoms with van der Waals surface area (Å²) in [7, 11) is 0. The van der Waals surface area contributed by atoms with Crippen LogP contribution in [0, 0.1) is 23.2 Å². The lowest BCUT2D eigenvalue weighted by Crippen LogP contribution is -2.48. The van der Waals surface area contributed by atoms with Crippen molar-refractivity contribution in [1.29, 1.82) is 0 Å². The maximum atomic E-state index is 5.98. The van der Waals surface area contributed by atoms with Gasteiger partial charge >= 0.3 is 0 Å². The lowest BCUT2D eigenvalue weighted by molar-refractivity contribution is -0.0751. The number of anilines is 1. The molecule has 4 saturated carbocycles. The highest BCUT2D eigenvalue weighted by Crippen LogP contribution is 2.59. The van der Waals surface area contributed by atoms with Crippen molar-refractivity contribution in [1.82, 2.24) is 4.98 Å². The van der Waals surface area contributed by atoms with Crippen molar-refractivity contribution in [3.05, 3.63) is 18.3 Å². The zero-order valence-electron chi connectivity index (χ0n) is 11.3. The Morgan fingerprint density at radius 3 is 2.37 bits per heavy atom. The fraction of sp³-hybridized carbons (Fsp3) is 0.688. The molecule has 0 spiro atoms. The Labute approximate surface area is 114 Å². The van der Waals surface area contributed by atoms with Crippen LogP contribution in [0.1, 0.15) is 38.5 Å². The molecule has 3 heteroatoms. The van der Waals surface area contributed by atoms with Crippen molar-refractivity contribution in [2.75, 3.05) is 12.3 Å². The summed E-state index contributed by atoms with van der Waals surface area (Å²) >= 11 is 0. The maximum Gasteiger partial charge on any atom is 0.215 e. The molecule has 0 saturated heterocycles. The quantitative estimate of drug-likeness (QED) is 0.905. The second kappa shape index (κ2) is 4.12. The van der Waals surface area contributed by atoms with Gasteiger partial charge in [0.1, 0.15) is 0 Å². The van der Waals surface area contributed by atoms with E-state index in [0.29, 0.717) is 11.3 Å². The summed E-state index contributed by atoms with van der Waals surface area (Å²) in [4.78, 5) is 4.25. The van der Waals surface area contributed by atoms with Crippen LogP contribution in [0.15, 0.2) is 18.3 Å². The number of hydrogen-bond acceptors (Lipinski definition) is 3. The Morgan fingerprint density at radius 1 is 1.16 bits per heavy atom. The number of rotatable bonds is 3. The fourth-order valence-electron chi connectivity index (χ4n) is 5.20. The minimum atomic E-state index is 0.445. The summed E-state index contributed by atoms with van der Waals surface area (Å²) in [6.45, 7) is 0.840. The van der Waals surface area contributed by atoms with E-state index in [4.69, 9.17) is 10.5 Å². The SMILES string of the molecule is Nc1ccnc(OCC23CC4CC(CC(C4)C2)C3)c1. The highest BCUT2D eigenvalue weighted by Gasteiger charge is 2.51. The van der Waals surface area contributed by atoms with Gasteiger partial charge in [-0.2, -0.15) is 0 Å². The Morgan fingerprint density at radius 2 is 1.79 bits per heavy atom. The molecule has 19 heavy (non-hydrogen) atoms. The first-order chi connectivity index (χ1) is 9.21. The molecule has 4 bridgehead atoms. The summed E-state index contributed by atoms with van der Waals surface area (Å²) in [6, 6.07) is 3.64. The third-order valence-electron chi connectivity index (χ3n) is 5.45. The van der Waals surface area contributed by atoms with E-state index in [-0.39, 0.29) is 0 Å². The number of nitrogens with zero attached hydrogens (tertiary/aromatic N) is 1. The Hall–Kier alpha value is -1.25. The van der Waals surface area contributed by atoms with Crippen LogP contribution in [0.25, 0.3) is 0 Å². The van der Waals surface area contributed by atoms with E-state index in [1.54, 1.807) is 12.3 Å². The normalized spacial score (nSPS) is 39.5. The van der Waals surface area contributed by atoms with Crippen molar-refractivity contribution < 1.29 is 4.74 Å². The number of nitrogen functional groups attached to an aromatic ring is 1. The molecule has 0 radical (unpaired) electrons. The van der Waals surface area contributed by atoms with Gasteiger partial charge < -0.3 is 10.5 Å². The standard InChI is InChI=1S/C16H22N2O/c17-14-1-2-18-15(6-14)19-10-16-7-11-3-12(8-16)5-13(4-11)9-16/h1-2,6,11-13H,3-5,7-10H2,(H2,17,18). The van der Waals surface area contributed by atoms with Crippen LogP contribution in [0.2, 0.25) is 0 Å². The van der Waals surface area contributed by atoms with Crippen molar-refractivity contribution in [3.8, 4) is 5.88 Å². The molecule has 0 aromatic carbocycles. The van der Waals surface area contributed by atoms with Crippen molar-refractivity contribution in [2.45, 2.75) is 38.5 Å². The second-order valence-electron chi connectivity index (χ2n) is 7.13. The number of aromatic nitrogens is 1. The smallest absolute Gasteiger partial charge is 0.215 e. The molecule has 102 valence electrons. The molecule has 2 N–H and O–H groups in total. The van der Waals surface area contributed by atoms with Crippen LogP contribution < -0.4 is 10.5 Å². The average molecular weight is 258 g/mol. The van der Waals surface area contributed by atoms with E-state index in [0.717, 1.165) is 30.0 Å². The minimum Gasteiger partial charge on any atom is -0.477 e. The highest BCUT2D eigenvalue weighted by molar-refractivity contribution is 5.39. The highest BCUT2D eigenvalue weighted by atomic mass is 16.5. The van der Waals surface area contributed by atoms with Gasteiger partial charge in [0.2, 0.25) is 5.88 Å². The maximum absolute atomic E-state index is 5.98. The first kappa shape index (κ1) is 11.6. The third-order valence-corrected chi connectivity index (χ3v) is 5.45. The van der Waals surface area contributed by atoms with Crippen LogP contribution in [-0.2, 0) is 0 Å². The molecular formula is C16H22N2O. The lowest BCUT2D eigenvalue weighted by Gasteiger charge is -2.56. The van der Waals surface area contributed by atoms with Crippen LogP contribution in [0.5, 0.6) is 5.88 Å². The van der Waals surface area contributed by atoms with E-state index in [1.807, 2.05) is 6.07 Å². The van der Waals surface area contributed by atoms with E-state index < -0.39 is 0 Å². The van der Waals surface area contributed by atoms with Gasteiger partial charge in [-0.1, -0.05) is 0 Å². The van der Waals surface area contributed by atoms with Gasteiger partial charge in [0, 0.05) is 23.4 Å². The molecule has 0 aliphatic heterocycles. The van der Waals surface area contributed by atoms with Gasteiger partial charge in [-0.15, -0.1) is 0 Å². The van der Waals surface area contributed by atoms with E-state index >= 15 is 0 Å². The van der Waals surface area contributed by atoms with Gasteiger partial charge in [0.15, 0.2) is 0 Å². The number of nitrogens with two attached hydrogens (primary N) is 1. The fourth-order valence-corrected chi connectivity index (χ4v) is 5.20. The van der Waals surface area contributed by atoms with Gasteiger partial charge in [0.05, 0.1) is 6.61 Å². The first-order valence-corrected chi connectivity index (χ1v) is 7.55. The topological polar surface area (TPSA) is 48.1 Å². The van der Waals surface area contributed by atoms with Crippen LogP contribution in [0.4, 0.5) is 5.69 Å². The molecule has 4 aliphatic rings. The van der Waals surface area contributed by atoms with Crippen LogP contribution in [0.3, 0.4) is 0 Å². The molecule has 0 amide bonds. The molecule has 4 aliphatic carbocycles. The molecule has 5 rings (SSSR count). The molecule has 1 aromatic rings. The minimum absolute atomic E-state index is 0.445. The predicted molar refractivity (Wildman–Crippen MR) is 74.7 cm³/mol. The Balaban J connectivity index is 1.48. The summed E-state index contributed by atoms with van der Waals surface area (Å²) in [5, 5.41) is 0. The molecular weight excluding hydrogens is 236 g/mol. The molecule has 1 heterocycles. The molecule has 3 nitrogen and oxygen atoms in total. The summed E-state index contributed by atoms with van der Waals surface area (Å²) in [5.74, 6) is 3.62. The zero-order valence-corrected chi connectivity index (χ0v) is 11.3. The van der Waals surface area contributed by atoms with E-state index in [2.05, 4.69) is 4.98 Å². The van der Waals surface area contributed by atoms with Crippen LogP contribution >= 0.6 is 0 Å². The van der Waals surface area contributed by atoms with Crippen molar-refractivity contribution >= 4 is 5.69 Å². The average Bonchev–Trinajstić information content (AvgIpc) is 2.35. The van der Waals surface area contributed by atoms with Gasteiger partial charge in [-0.3, -0.25) is 0 Å². The third kappa shape index (κ3) is 2.09. The largest absolute Gasteiger partial charge is 0.477 e. The van der Waals surface area contributed by atoms with Crippen molar-refractivity contribution in [3.63, 3.8) is 0 Å². The number of hydrogen-bond donors (Lipinski definition) is 1. The molecule has 0 unspecified atom stereocenters. The molecule has 4 fully saturated rings. The first-order valence-electron chi connectivity index (χ1n) is 7.55.